The van der Waals surface area contributed by atoms with Crippen molar-refractivity contribution in [3.63, 3.8) is 0 Å². The van der Waals surface area contributed by atoms with Crippen molar-refractivity contribution < 1.29 is 23.7 Å². The second kappa shape index (κ2) is 4.83. The summed E-state index contributed by atoms with van der Waals surface area (Å²) in [5, 5.41) is 0. The number of carbonyl (C=O) groups is 1. The first kappa shape index (κ1) is 14.3. The molecule has 130 valence electrons. The summed E-state index contributed by atoms with van der Waals surface area (Å²) in [5.74, 6) is 1.63. The minimum Gasteiger partial charge on any atom is -0.465 e. The maximum absolute atomic E-state index is 12.5. The van der Waals surface area contributed by atoms with Crippen LogP contribution in [0, 0.1) is 29.6 Å². The number of esters is 1. The summed E-state index contributed by atoms with van der Waals surface area (Å²) in [4.78, 5) is 12.5. The predicted molar refractivity (Wildman–Crippen MR) is 83.1 cm³/mol. The summed E-state index contributed by atoms with van der Waals surface area (Å²) >= 11 is 0. The van der Waals surface area contributed by atoms with E-state index >= 15 is 0 Å². The largest absolute Gasteiger partial charge is 0.465 e. The fourth-order valence-electron chi connectivity index (χ4n) is 6.54. The summed E-state index contributed by atoms with van der Waals surface area (Å²) in [5.41, 5.74) is 0. The highest BCUT2D eigenvalue weighted by atomic mass is 16.6. The highest BCUT2D eigenvalue weighted by molar-refractivity contribution is 5.74. The van der Waals surface area contributed by atoms with Crippen LogP contribution < -0.4 is 0 Å². The van der Waals surface area contributed by atoms with Crippen molar-refractivity contribution in [2.24, 2.45) is 29.6 Å². The number of fused-ring (bicyclic) bond motifs is 16. The normalized spacial score (nSPS) is 57.6. The Hall–Kier alpha value is -0.910. The summed E-state index contributed by atoms with van der Waals surface area (Å²) in [7, 11) is 0. The maximum atomic E-state index is 12.5. The average molecular weight is 332 g/mol. The summed E-state index contributed by atoms with van der Waals surface area (Å²) in [6, 6.07) is 0. The predicted octanol–water partition coefficient (Wildman–Crippen LogP) is 1.70. The van der Waals surface area contributed by atoms with Gasteiger partial charge in [-0.1, -0.05) is 25.5 Å². The van der Waals surface area contributed by atoms with Gasteiger partial charge in [0.25, 0.3) is 0 Å². The van der Waals surface area contributed by atoms with Gasteiger partial charge < -0.3 is 18.9 Å². The van der Waals surface area contributed by atoms with Crippen LogP contribution in [0.1, 0.15) is 26.2 Å². The molecule has 0 aliphatic carbocycles. The quantitative estimate of drug-likeness (QED) is 0.446. The van der Waals surface area contributed by atoms with Crippen LogP contribution in [-0.4, -0.2) is 49.2 Å². The fraction of sp³-hybridized carbons (Fsp3) is 0.842. The zero-order valence-corrected chi connectivity index (χ0v) is 13.9. The molecule has 5 nitrogen and oxygen atoms in total. The molecule has 6 rings (SSSR count). The van der Waals surface area contributed by atoms with Gasteiger partial charge in [0.05, 0.1) is 49.1 Å². The summed E-state index contributed by atoms with van der Waals surface area (Å²) < 4.78 is 24.3. The first-order valence-corrected chi connectivity index (χ1v) is 9.59. The van der Waals surface area contributed by atoms with E-state index < -0.39 is 0 Å². The number of ether oxygens (including phenoxy) is 4. The van der Waals surface area contributed by atoms with Gasteiger partial charge in [-0.3, -0.25) is 4.79 Å². The van der Waals surface area contributed by atoms with Crippen molar-refractivity contribution >= 4 is 5.97 Å². The molecular weight excluding hydrogens is 308 g/mol. The molecule has 6 heterocycles. The highest BCUT2D eigenvalue weighted by Gasteiger charge is 2.74. The topological polar surface area (TPSA) is 54.0 Å². The van der Waals surface area contributed by atoms with Crippen LogP contribution in [0.5, 0.6) is 0 Å². The van der Waals surface area contributed by atoms with Gasteiger partial charge in [-0.2, -0.15) is 0 Å². The van der Waals surface area contributed by atoms with E-state index in [9.17, 15) is 4.79 Å². The minimum atomic E-state index is -0.0930. The van der Waals surface area contributed by atoms with Gasteiger partial charge >= 0.3 is 5.97 Å². The molecule has 0 spiro atoms. The number of unbranched alkanes of at least 4 members (excludes halogenated alkanes) is 1. The van der Waals surface area contributed by atoms with E-state index in [0.717, 1.165) is 19.3 Å². The molecule has 5 heteroatoms. The van der Waals surface area contributed by atoms with Crippen molar-refractivity contribution in [3.8, 4) is 0 Å². The van der Waals surface area contributed by atoms with Crippen molar-refractivity contribution in [1.29, 1.82) is 0 Å². The van der Waals surface area contributed by atoms with E-state index in [1.165, 1.54) is 0 Å². The number of hydrogen-bond acceptors (Lipinski definition) is 5. The second-order valence-electron chi connectivity index (χ2n) is 8.33. The molecule has 0 N–H and O–H groups in total. The Balaban J connectivity index is 1.23. The van der Waals surface area contributed by atoms with E-state index in [-0.39, 0.29) is 48.5 Å². The summed E-state index contributed by atoms with van der Waals surface area (Å²) in [6.07, 6.45) is 8.29. The Morgan fingerprint density at radius 1 is 1.00 bits per heavy atom. The Kier molecular flexibility index (Phi) is 2.88. The van der Waals surface area contributed by atoms with Crippen molar-refractivity contribution in [3.05, 3.63) is 12.2 Å². The van der Waals surface area contributed by atoms with E-state index in [2.05, 4.69) is 19.1 Å². The van der Waals surface area contributed by atoms with Crippen LogP contribution in [0.4, 0.5) is 0 Å². The van der Waals surface area contributed by atoms with Gasteiger partial charge in [-0.15, -0.1) is 0 Å². The van der Waals surface area contributed by atoms with Gasteiger partial charge in [-0.05, 0) is 12.8 Å². The molecule has 11 unspecified atom stereocenters. The molecule has 6 aliphatic rings. The van der Waals surface area contributed by atoms with Gasteiger partial charge in [0.2, 0.25) is 0 Å². The lowest BCUT2D eigenvalue weighted by molar-refractivity contribution is -0.151. The molecule has 5 saturated heterocycles. The van der Waals surface area contributed by atoms with Crippen LogP contribution in [0.15, 0.2) is 12.2 Å². The molecule has 0 aromatic carbocycles. The van der Waals surface area contributed by atoms with E-state index in [0.29, 0.717) is 30.3 Å². The molecule has 24 heavy (non-hydrogen) atoms. The van der Waals surface area contributed by atoms with Crippen LogP contribution in [0.3, 0.4) is 0 Å². The Bertz CT molecular complexity index is 603. The lowest BCUT2D eigenvalue weighted by Crippen LogP contribution is -2.50. The third-order valence-electron chi connectivity index (χ3n) is 7.35. The van der Waals surface area contributed by atoms with Crippen LogP contribution >= 0.6 is 0 Å². The average Bonchev–Trinajstić information content (AvgIpc) is 3.40. The fourth-order valence-corrected chi connectivity index (χ4v) is 6.54. The van der Waals surface area contributed by atoms with E-state index in [1.807, 2.05) is 0 Å². The van der Waals surface area contributed by atoms with E-state index in [4.69, 9.17) is 18.9 Å². The van der Waals surface area contributed by atoms with Gasteiger partial charge in [-0.25, -0.2) is 0 Å². The molecular formula is C19H24O5. The third-order valence-corrected chi connectivity index (χ3v) is 7.35. The molecule has 0 radical (unpaired) electrons. The number of carbonyl (C=O) groups excluding carboxylic acids is 1. The number of rotatable bonds is 4. The summed E-state index contributed by atoms with van der Waals surface area (Å²) in [6.45, 7) is 2.64. The first-order valence-electron chi connectivity index (χ1n) is 9.59. The van der Waals surface area contributed by atoms with Crippen LogP contribution in [0.2, 0.25) is 0 Å². The standard InChI is InChI=1S/C19H24O5/c1-2-3-6-21-19(20)8-7-11-14-15(16(8)23-11)18-13-10-5-4-9(22-10)12(13)17(14)24-18/h4-5,8-18H,2-3,6-7H2,1H3. The smallest absolute Gasteiger partial charge is 0.311 e. The Labute approximate surface area is 141 Å². The first-order chi connectivity index (χ1) is 11.8. The molecule has 0 aromatic rings. The number of hydrogen-bond donors (Lipinski definition) is 0. The van der Waals surface area contributed by atoms with Crippen LogP contribution in [-0.2, 0) is 23.7 Å². The van der Waals surface area contributed by atoms with Gasteiger partial charge in [0.15, 0.2) is 0 Å². The third kappa shape index (κ3) is 1.59. The van der Waals surface area contributed by atoms with Gasteiger partial charge in [0.1, 0.15) is 0 Å². The van der Waals surface area contributed by atoms with Crippen LogP contribution in [0.25, 0.3) is 0 Å². The van der Waals surface area contributed by atoms with Crippen molar-refractivity contribution in [1.82, 2.24) is 0 Å². The molecule has 5 fully saturated rings. The molecule has 0 amide bonds. The zero-order valence-electron chi connectivity index (χ0n) is 13.9. The van der Waals surface area contributed by atoms with Crippen molar-refractivity contribution in [2.45, 2.75) is 62.8 Å². The molecule has 0 saturated carbocycles. The Morgan fingerprint density at radius 2 is 1.75 bits per heavy atom. The SMILES string of the molecule is CCCCOC(=O)C1CC2OC1C1C3OC(C4C5C=CC(O5)C34)C21. The molecule has 11 atom stereocenters. The van der Waals surface area contributed by atoms with Gasteiger partial charge in [0, 0.05) is 23.7 Å². The second-order valence-corrected chi connectivity index (χ2v) is 8.33. The highest BCUT2D eigenvalue weighted by Crippen LogP contribution is 2.65. The Morgan fingerprint density at radius 3 is 2.50 bits per heavy atom. The minimum absolute atomic E-state index is 0.00631. The lowest BCUT2D eigenvalue weighted by Gasteiger charge is -2.38. The lowest BCUT2D eigenvalue weighted by atomic mass is 9.59. The molecule has 6 bridgehead atoms. The molecule has 0 aromatic heterocycles. The monoisotopic (exact) mass is 332 g/mol. The van der Waals surface area contributed by atoms with Crippen molar-refractivity contribution in [2.75, 3.05) is 6.61 Å². The van der Waals surface area contributed by atoms with E-state index in [1.54, 1.807) is 0 Å². The zero-order chi connectivity index (χ0) is 16.0. The molecule has 6 aliphatic heterocycles. The maximum Gasteiger partial charge on any atom is 0.311 e.